The van der Waals surface area contributed by atoms with Crippen LogP contribution in [0.2, 0.25) is 0 Å². The van der Waals surface area contributed by atoms with Gasteiger partial charge in [-0.1, -0.05) is 0 Å². The SMILES string of the molecule is N#CC1CCCN(CCCCO)C1. The minimum absolute atomic E-state index is 0.239. The lowest BCUT2D eigenvalue weighted by atomic mass is 9.99. The maximum Gasteiger partial charge on any atom is 0.0669 e. The van der Waals surface area contributed by atoms with Gasteiger partial charge in [0.05, 0.1) is 12.0 Å². The lowest BCUT2D eigenvalue weighted by molar-refractivity contribution is 0.189. The molecule has 13 heavy (non-hydrogen) atoms. The van der Waals surface area contributed by atoms with Crippen molar-refractivity contribution >= 4 is 0 Å². The Kier molecular flexibility index (Phi) is 4.81. The monoisotopic (exact) mass is 182 g/mol. The lowest BCUT2D eigenvalue weighted by Gasteiger charge is -2.29. The number of hydrogen-bond donors (Lipinski definition) is 1. The molecule has 1 aliphatic heterocycles. The highest BCUT2D eigenvalue weighted by Crippen LogP contribution is 2.15. The van der Waals surface area contributed by atoms with Gasteiger partial charge in [0.25, 0.3) is 0 Å². The van der Waals surface area contributed by atoms with Gasteiger partial charge in [-0.3, -0.25) is 0 Å². The zero-order valence-corrected chi connectivity index (χ0v) is 8.08. The summed E-state index contributed by atoms with van der Waals surface area (Å²) < 4.78 is 0. The van der Waals surface area contributed by atoms with Crippen LogP contribution in [0.4, 0.5) is 0 Å². The number of aliphatic hydroxyl groups is 1. The second-order valence-electron chi connectivity index (χ2n) is 3.70. The molecule has 0 aromatic rings. The van der Waals surface area contributed by atoms with Crippen molar-refractivity contribution in [3.05, 3.63) is 0 Å². The second-order valence-corrected chi connectivity index (χ2v) is 3.70. The molecule has 3 nitrogen and oxygen atoms in total. The minimum atomic E-state index is 0.239. The lowest BCUT2D eigenvalue weighted by Crippen LogP contribution is -2.35. The van der Waals surface area contributed by atoms with Crippen LogP contribution in [0.5, 0.6) is 0 Å². The van der Waals surface area contributed by atoms with Crippen molar-refractivity contribution in [3.8, 4) is 6.07 Å². The van der Waals surface area contributed by atoms with E-state index in [0.717, 1.165) is 45.3 Å². The van der Waals surface area contributed by atoms with Crippen molar-refractivity contribution in [2.45, 2.75) is 25.7 Å². The third-order valence-electron chi connectivity index (χ3n) is 2.57. The largest absolute Gasteiger partial charge is 0.396 e. The molecule has 1 aliphatic rings. The molecule has 0 amide bonds. The zero-order valence-electron chi connectivity index (χ0n) is 8.08. The van der Waals surface area contributed by atoms with Crippen molar-refractivity contribution in [2.24, 2.45) is 5.92 Å². The molecule has 0 spiro atoms. The average molecular weight is 182 g/mol. The third-order valence-corrected chi connectivity index (χ3v) is 2.57. The minimum Gasteiger partial charge on any atom is -0.396 e. The summed E-state index contributed by atoms with van der Waals surface area (Å²) in [6.45, 7) is 3.39. The number of nitriles is 1. The molecule has 3 heteroatoms. The van der Waals surface area contributed by atoms with Gasteiger partial charge in [-0.2, -0.15) is 5.26 Å². The molecule has 1 rings (SSSR count). The molecule has 74 valence electrons. The molecule has 1 fully saturated rings. The molecular weight excluding hydrogens is 164 g/mol. The van der Waals surface area contributed by atoms with Crippen LogP contribution in [0.25, 0.3) is 0 Å². The molecule has 0 radical (unpaired) electrons. The quantitative estimate of drug-likeness (QED) is 0.660. The van der Waals surface area contributed by atoms with Gasteiger partial charge in [-0.15, -0.1) is 0 Å². The Morgan fingerprint density at radius 1 is 1.46 bits per heavy atom. The Hall–Kier alpha value is -0.590. The third kappa shape index (κ3) is 3.75. The fraction of sp³-hybridized carbons (Fsp3) is 0.900. The molecule has 0 aromatic heterocycles. The summed E-state index contributed by atoms with van der Waals surface area (Å²) >= 11 is 0. The number of likely N-dealkylation sites (tertiary alicyclic amines) is 1. The number of nitrogens with zero attached hydrogens (tertiary/aromatic N) is 2. The summed E-state index contributed by atoms with van der Waals surface area (Å²) in [4.78, 5) is 2.34. The molecule has 0 saturated carbocycles. The first kappa shape index (κ1) is 10.5. The molecule has 1 saturated heterocycles. The van der Waals surface area contributed by atoms with Crippen LogP contribution in [0.1, 0.15) is 25.7 Å². The Morgan fingerprint density at radius 3 is 3.00 bits per heavy atom. The van der Waals surface area contributed by atoms with Gasteiger partial charge in [0.2, 0.25) is 0 Å². The Labute approximate surface area is 80.0 Å². The van der Waals surface area contributed by atoms with Crippen molar-refractivity contribution in [2.75, 3.05) is 26.2 Å². The highest BCUT2D eigenvalue weighted by Gasteiger charge is 2.18. The summed E-state index contributed by atoms with van der Waals surface area (Å²) in [6.07, 6.45) is 4.15. The average Bonchev–Trinajstić information content (AvgIpc) is 2.19. The van der Waals surface area contributed by atoms with Gasteiger partial charge in [0.15, 0.2) is 0 Å². The highest BCUT2D eigenvalue weighted by molar-refractivity contribution is 4.88. The van der Waals surface area contributed by atoms with Crippen LogP contribution in [-0.4, -0.2) is 36.2 Å². The first-order valence-electron chi connectivity index (χ1n) is 5.09. The standard InChI is InChI=1S/C10H18N2O/c11-8-10-4-3-6-12(9-10)5-1-2-7-13/h10,13H,1-7,9H2. The summed E-state index contributed by atoms with van der Waals surface area (Å²) in [7, 11) is 0. The molecule has 0 aromatic carbocycles. The summed E-state index contributed by atoms with van der Waals surface area (Å²) in [5.41, 5.74) is 0. The highest BCUT2D eigenvalue weighted by atomic mass is 16.2. The van der Waals surface area contributed by atoms with Crippen LogP contribution in [0.15, 0.2) is 0 Å². The fourth-order valence-electron chi connectivity index (χ4n) is 1.81. The molecular formula is C10H18N2O. The number of piperidine rings is 1. The van der Waals surface area contributed by atoms with E-state index in [2.05, 4.69) is 11.0 Å². The Morgan fingerprint density at radius 2 is 2.31 bits per heavy atom. The first-order chi connectivity index (χ1) is 6.36. The first-order valence-corrected chi connectivity index (χ1v) is 5.09. The second kappa shape index (κ2) is 5.95. The van der Waals surface area contributed by atoms with E-state index in [1.165, 1.54) is 0 Å². The van der Waals surface area contributed by atoms with E-state index < -0.39 is 0 Å². The van der Waals surface area contributed by atoms with Crippen molar-refractivity contribution < 1.29 is 5.11 Å². The van der Waals surface area contributed by atoms with Gasteiger partial charge in [-0.05, 0) is 38.8 Å². The summed E-state index contributed by atoms with van der Waals surface area (Å²) in [5.74, 6) is 0.239. The van der Waals surface area contributed by atoms with Gasteiger partial charge in [0, 0.05) is 13.2 Å². The molecule has 1 unspecified atom stereocenters. The van der Waals surface area contributed by atoms with Gasteiger partial charge >= 0.3 is 0 Å². The van der Waals surface area contributed by atoms with Gasteiger partial charge in [-0.25, -0.2) is 0 Å². The smallest absolute Gasteiger partial charge is 0.0669 e. The molecule has 1 N–H and O–H groups in total. The van der Waals surface area contributed by atoms with E-state index in [9.17, 15) is 0 Å². The molecule has 0 aliphatic carbocycles. The van der Waals surface area contributed by atoms with E-state index in [0.29, 0.717) is 0 Å². The van der Waals surface area contributed by atoms with E-state index in [4.69, 9.17) is 10.4 Å². The van der Waals surface area contributed by atoms with E-state index in [1.807, 2.05) is 0 Å². The Bertz CT molecular complexity index is 176. The number of hydrogen-bond acceptors (Lipinski definition) is 3. The molecule has 1 heterocycles. The van der Waals surface area contributed by atoms with Crippen molar-refractivity contribution in [1.29, 1.82) is 5.26 Å². The number of aliphatic hydroxyl groups excluding tert-OH is 1. The van der Waals surface area contributed by atoms with Crippen LogP contribution in [0.3, 0.4) is 0 Å². The predicted molar refractivity (Wildman–Crippen MR) is 51.1 cm³/mol. The van der Waals surface area contributed by atoms with Crippen LogP contribution < -0.4 is 0 Å². The van der Waals surface area contributed by atoms with E-state index >= 15 is 0 Å². The summed E-state index contributed by atoms with van der Waals surface area (Å²) in [6, 6.07) is 2.33. The van der Waals surface area contributed by atoms with Crippen molar-refractivity contribution in [1.82, 2.24) is 4.90 Å². The maximum atomic E-state index is 8.76. The van der Waals surface area contributed by atoms with E-state index in [1.54, 1.807) is 0 Å². The summed E-state index contributed by atoms with van der Waals surface area (Å²) in [5, 5.41) is 17.4. The Balaban J connectivity index is 2.15. The van der Waals surface area contributed by atoms with Crippen LogP contribution >= 0.6 is 0 Å². The van der Waals surface area contributed by atoms with Gasteiger partial charge < -0.3 is 10.0 Å². The zero-order chi connectivity index (χ0) is 9.52. The van der Waals surface area contributed by atoms with Crippen LogP contribution in [0, 0.1) is 17.2 Å². The predicted octanol–water partition coefficient (Wildman–Crippen LogP) is 0.994. The normalized spacial score (nSPS) is 24.2. The fourth-order valence-corrected chi connectivity index (χ4v) is 1.81. The molecule has 0 bridgehead atoms. The van der Waals surface area contributed by atoms with Crippen molar-refractivity contribution in [3.63, 3.8) is 0 Å². The topological polar surface area (TPSA) is 47.3 Å². The van der Waals surface area contributed by atoms with Crippen LogP contribution in [-0.2, 0) is 0 Å². The molecule has 1 atom stereocenters. The number of rotatable bonds is 4. The number of unbranched alkanes of at least 4 members (excludes halogenated alkanes) is 1. The maximum absolute atomic E-state index is 8.76. The van der Waals surface area contributed by atoms with E-state index in [-0.39, 0.29) is 12.5 Å². The van der Waals surface area contributed by atoms with Gasteiger partial charge in [0.1, 0.15) is 0 Å².